The normalized spacial score (nSPS) is 11.3. The predicted molar refractivity (Wildman–Crippen MR) is 103 cm³/mol. The number of aromatic amines is 1. The molecule has 3 N–H and O–H groups in total. The Kier molecular flexibility index (Phi) is 4.88. The molecule has 2 aromatic carbocycles. The van der Waals surface area contributed by atoms with Crippen molar-refractivity contribution in [1.29, 1.82) is 0 Å². The molecule has 3 aromatic rings. The topological polar surface area (TPSA) is 41.8 Å². The summed E-state index contributed by atoms with van der Waals surface area (Å²) in [5.74, 6) is 0. The van der Waals surface area contributed by atoms with Crippen molar-refractivity contribution in [2.75, 3.05) is 6.54 Å². The number of aryl methyl sites for hydroxylation is 3. The third kappa shape index (κ3) is 3.22. The maximum Gasteiger partial charge on any atom is 0.0508 e. The Bertz CT molecular complexity index is 833. The highest BCUT2D eigenvalue weighted by Gasteiger charge is 2.16. The van der Waals surface area contributed by atoms with Crippen LogP contribution in [-0.4, -0.2) is 11.5 Å². The number of aromatic nitrogens is 1. The standard InChI is InChI=1S/C20H23BrN2/c1-13-11-14(2)19-16(8-5-6-10-22)20(23-18(19)12-13)15-7-3-4-9-17(15)21/h3-4,7,9,11-12,23H,5-6,8,10,22H2,1-2H3. The Balaban J connectivity index is 2.21. The van der Waals surface area contributed by atoms with Gasteiger partial charge in [-0.25, -0.2) is 0 Å². The highest BCUT2D eigenvalue weighted by Crippen LogP contribution is 2.37. The van der Waals surface area contributed by atoms with Crippen molar-refractivity contribution in [3.05, 3.63) is 57.6 Å². The lowest BCUT2D eigenvalue weighted by molar-refractivity contribution is 0.748. The van der Waals surface area contributed by atoms with Crippen molar-refractivity contribution >= 4 is 26.8 Å². The quantitative estimate of drug-likeness (QED) is 0.572. The number of H-pyrrole nitrogens is 1. The second-order valence-corrected chi connectivity index (χ2v) is 7.06. The summed E-state index contributed by atoms with van der Waals surface area (Å²) in [5.41, 5.74) is 13.4. The Morgan fingerprint density at radius 3 is 2.61 bits per heavy atom. The van der Waals surface area contributed by atoms with E-state index >= 15 is 0 Å². The summed E-state index contributed by atoms with van der Waals surface area (Å²) < 4.78 is 1.13. The summed E-state index contributed by atoms with van der Waals surface area (Å²) in [6.45, 7) is 5.11. The number of unbranched alkanes of at least 4 members (excludes halogenated alkanes) is 1. The Hall–Kier alpha value is -1.58. The summed E-state index contributed by atoms with van der Waals surface area (Å²) in [5, 5.41) is 1.37. The Labute approximate surface area is 146 Å². The molecular weight excluding hydrogens is 348 g/mol. The molecule has 3 rings (SSSR count). The molecule has 120 valence electrons. The zero-order chi connectivity index (χ0) is 16.4. The molecule has 0 aliphatic carbocycles. The molecule has 0 amide bonds. The number of fused-ring (bicyclic) bond motifs is 1. The number of hydrogen-bond acceptors (Lipinski definition) is 1. The second kappa shape index (κ2) is 6.90. The summed E-state index contributed by atoms with van der Waals surface area (Å²) in [4.78, 5) is 3.67. The fourth-order valence-electron chi connectivity index (χ4n) is 3.39. The van der Waals surface area contributed by atoms with E-state index in [0.717, 1.165) is 30.3 Å². The van der Waals surface area contributed by atoms with Crippen LogP contribution in [-0.2, 0) is 6.42 Å². The monoisotopic (exact) mass is 370 g/mol. The molecule has 3 heteroatoms. The average Bonchev–Trinajstić information content (AvgIpc) is 2.86. The number of rotatable bonds is 5. The van der Waals surface area contributed by atoms with Gasteiger partial charge >= 0.3 is 0 Å². The smallest absolute Gasteiger partial charge is 0.0508 e. The van der Waals surface area contributed by atoms with Gasteiger partial charge in [0.2, 0.25) is 0 Å². The molecule has 0 radical (unpaired) electrons. The first-order valence-electron chi connectivity index (χ1n) is 8.18. The van der Waals surface area contributed by atoms with E-state index in [1.807, 2.05) is 0 Å². The number of halogens is 1. The van der Waals surface area contributed by atoms with Gasteiger partial charge in [-0.2, -0.15) is 0 Å². The molecule has 0 saturated heterocycles. The first-order valence-corrected chi connectivity index (χ1v) is 8.98. The van der Waals surface area contributed by atoms with Crippen LogP contribution < -0.4 is 5.73 Å². The van der Waals surface area contributed by atoms with Crippen LogP contribution in [0.2, 0.25) is 0 Å². The van der Waals surface area contributed by atoms with Gasteiger partial charge in [0.25, 0.3) is 0 Å². The number of nitrogens with one attached hydrogen (secondary N) is 1. The average molecular weight is 371 g/mol. The minimum atomic E-state index is 0.755. The fraction of sp³-hybridized carbons (Fsp3) is 0.300. The largest absolute Gasteiger partial charge is 0.354 e. The summed E-state index contributed by atoms with van der Waals surface area (Å²) >= 11 is 3.70. The SMILES string of the molecule is Cc1cc(C)c2c(CCCCN)c(-c3ccccc3Br)[nH]c2c1. The maximum absolute atomic E-state index is 5.69. The minimum absolute atomic E-state index is 0.755. The lowest BCUT2D eigenvalue weighted by atomic mass is 9.97. The van der Waals surface area contributed by atoms with E-state index in [0.29, 0.717) is 0 Å². The molecule has 0 atom stereocenters. The van der Waals surface area contributed by atoms with Gasteiger partial charge in [-0.3, -0.25) is 0 Å². The molecule has 0 unspecified atom stereocenters. The van der Waals surface area contributed by atoms with Crippen LogP contribution in [0.1, 0.15) is 29.5 Å². The molecule has 2 nitrogen and oxygen atoms in total. The summed E-state index contributed by atoms with van der Waals surface area (Å²) in [7, 11) is 0. The number of benzene rings is 2. The zero-order valence-electron chi connectivity index (χ0n) is 13.7. The van der Waals surface area contributed by atoms with E-state index in [2.05, 4.69) is 71.2 Å². The molecule has 23 heavy (non-hydrogen) atoms. The molecule has 0 aliphatic rings. The lowest BCUT2D eigenvalue weighted by Crippen LogP contribution is -1.99. The molecule has 1 aromatic heterocycles. The van der Waals surface area contributed by atoms with Gasteiger partial charge in [0.05, 0.1) is 5.69 Å². The van der Waals surface area contributed by atoms with Gasteiger partial charge in [-0.1, -0.05) is 40.2 Å². The highest BCUT2D eigenvalue weighted by molar-refractivity contribution is 9.10. The van der Waals surface area contributed by atoms with Crippen LogP contribution in [0.5, 0.6) is 0 Å². The molecule has 1 heterocycles. The van der Waals surface area contributed by atoms with E-state index in [9.17, 15) is 0 Å². The van der Waals surface area contributed by atoms with E-state index in [-0.39, 0.29) is 0 Å². The van der Waals surface area contributed by atoms with E-state index in [1.165, 1.54) is 38.9 Å². The van der Waals surface area contributed by atoms with Crippen LogP contribution in [0.4, 0.5) is 0 Å². The number of hydrogen-bond donors (Lipinski definition) is 2. The maximum atomic E-state index is 5.69. The van der Waals surface area contributed by atoms with E-state index in [1.54, 1.807) is 0 Å². The molecule has 0 bridgehead atoms. The fourth-order valence-corrected chi connectivity index (χ4v) is 3.87. The zero-order valence-corrected chi connectivity index (χ0v) is 15.3. The van der Waals surface area contributed by atoms with Crippen LogP contribution >= 0.6 is 15.9 Å². The lowest BCUT2D eigenvalue weighted by Gasteiger charge is -2.08. The van der Waals surface area contributed by atoms with Crippen molar-refractivity contribution in [2.45, 2.75) is 33.1 Å². The van der Waals surface area contributed by atoms with Crippen LogP contribution in [0, 0.1) is 13.8 Å². The van der Waals surface area contributed by atoms with Crippen molar-refractivity contribution in [1.82, 2.24) is 4.98 Å². The second-order valence-electron chi connectivity index (χ2n) is 6.21. The highest BCUT2D eigenvalue weighted by atomic mass is 79.9. The van der Waals surface area contributed by atoms with Crippen molar-refractivity contribution < 1.29 is 0 Å². The first kappa shape index (κ1) is 16.3. The molecule has 0 spiro atoms. The third-order valence-corrected chi connectivity index (χ3v) is 5.06. The van der Waals surface area contributed by atoms with Gasteiger partial charge in [-0.15, -0.1) is 0 Å². The van der Waals surface area contributed by atoms with Crippen molar-refractivity contribution in [3.8, 4) is 11.3 Å². The molecule has 0 aliphatic heterocycles. The van der Waals surface area contributed by atoms with E-state index < -0.39 is 0 Å². The summed E-state index contributed by atoms with van der Waals surface area (Å²) in [6, 6.07) is 12.9. The van der Waals surface area contributed by atoms with Crippen molar-refractivity contribution in [2.24, 2.45) is 5.73 Å². The Morgan fingerprint density at radius 2 is 1.87 bits per heavy atom. The number of nitrogens with two attached hydrogens (primary N) is 1. The van der Waals surface area contributed by atoms with Crippen LogP contribution in [0.3, 0.4) is 0 Å². The van der Waals surface area contributed by atoms with Gasteiger partial charge in [0.15, 0.2) is 0 Å². The van der Waals surface area contributed by atoms with Crippen LogP contribution in [0.15, 0.2) is 40.9 Å². The van der Waals surface area contributed by atoms with Gasteiger partial charge in [-0.05, 0) is 68.5 Å². The predicted octanol–water partition coefficient (Wildman–Crippen LogP) is 5.50. The van der Waals surface area contributed by atoms with Crippen molar-refractivity contribution in [3.63, 3.8) is 0 Å². The molecule has 0 saturated carbocycles. The van der Waals surface area contributed by atoms with Gasteiger partial charge < -0.3 is 10.7 Å². The van der Waals surface area contributed by atoms with Gasteiger partial charge in [0.1, 0.15) is 0 Å². The first-order chi connectivity index (χ1) is 11.1. The molecule has 0 fully saturated rings. The Morgan fingerprint density at radius 1 is 1.09 bits per heavy atom. The third-order valence-electron chi connectivity index (χ3n) is 4.37. The van der Waals surface area contributed by atoms with Crippen LogP contribution in [0.25, 0.3) is 22.2 Å². The minimum Gasteiger partial charge on any atom is -0.354 e. The summed E-state index contributed by atoms with van der Waals surface area (Å²) in [6.07, 6.45) is 3.24. The van der Waals surface area contributed by atoms with Gasteiger partial charge in [0, 0.05) is 20.9 Å². The van der Waals surface area contributed by atoms with E-state index in [4.69, 9.17) is 5.73 Å². The molecular formula is C20H23BrN2.